The molecule has 21 heavy (non-hydrogen) atoms. The predicted molar refractivity (Wildman–Crippen MR) is 84.5 cm³/mol. The van der Waals surface area contributed by atoms with Crippen molar-refractivity contribution in [3.8, 4) is 0 Å². The van der Waals surface area contributed by atoms with Crippen molar-refractivity contribution >= 4 is 5.97 Å². The minimum Gasteiger partial charge on any atom is -0.480 e. The van der Waals surface area contributed by atoms with Gasteiger partial charge in [-0.05, 0) is 44.7 Å². The van der Waals surface area contributed by atoms with E-state index in [0.29, 0.717) is 19.4 Å². The summed E-state index contributed by atoms with van der Waals surface area (Å²) in [6.07, 6.45) is 3.94. The van der Waals surface area contributed by atoms with Gasteiger partial charge in [0.25, 0.3) is 0 Å². The maximum Gasteiger partial charge on any atom is 0.323 e. The molecule has 0 spiro atoms. The highest BCUT2D eigenvalue weighted by atomic mass is 16.5. The number of rotatable bonds is 11. The van der Waals surface area contributed by atoms with E-state index in [-0.39, 0.29) is 0 Å². The lowest BCUT2D eigenvalue weighted by molar-refractivity contribution is -0.145. The lowest BCUT2D eigenvalue weighted by Gasteiger charge is -2.27. The first-order valence-electron chi connectivity index (χ1n) is 7.68. The fourth-order valence-electron chi connectivity index (χ4n) is 2.44. The average molecular weight is 293 g/mol. The van der Waals surface area contributed by atoms with E-state index in [2.05, 4.69) is 17.4 Å². The molecule has 0 aliphatic heterocycles. The van der Waals surface area contributed by atoms with Crippen LogP contribution in [0.2, 0.25) is 0 Å². The summed E-state index contributed by atoms with van der Waals surface area (Å²) in [6.45, 7) is 3.23. The van der Waals surface area contributed by atoms with Crippen LogP contribution in [0.5, 0.6) is 0 Å². The molecule has 0 amide bonds. The van der Waals surface area contributed by atoms with Crippen molar-refractivity contribution in [1.82, 2.24) is 5.32 Å². The van der Waals surface area contributed by atoms with Crippen molar-refractivity contribution < 1.29 is 14.6 Å². The van der Waals surface area contributed by atoms with Crippen molar-refractivity contribution in [2.24, 2.45) is 0 Å². The van der Waals surface area contributed by atoms with Crippen molar-refractivity contribution in [3.63, 3.8) is 0 Å². The van der Waals surface area contributed by atoms with E-state index in [4.69, 9.17) is 4.74 Å². The second-order valence-electron chi connectivity index (χ2n) is 5.30. The lowest BCUT2D eigenvalue weighted by atomic mass is 9.91. The summed E-state index contributed by atoms with van der Waals surface area (Å²) in [5, 5.41) is 12.2. The Hall–Kier alpha value is -1.39. The Kier molecular flexibility index (Phi) is 8.01. The van der Waals surface area contributed by atoms with Gasteiger partial charge in [-0.25, -0.2) is 0 Å². The van der Waals surface area contributed by atoms with Crippen LogP contribution in [0.3, 0.4) is 0 Å². The smallest absolute Gasteiger partial charge is 0.323 e. The van der Waals surface area contributed by atoms with Crippen molar-refractivity contribution in [3.05, 3.63) is 35.9 Å². The van der Waals surface area contributed by atoms with Crippen molar-refractivity contribution in [2.75, 3.05) is 20.3 Å². The number of carboxylic acids is 1. The summed E-state index contributed by atoms with van der Waals surface area (Å²) in [5.74, 6) is -0.781. The SMILES string of the molecule is CCC(CCCOCCCc1ccccc1)(NC)C(=O)O. The molecule has 4 nitrogen and oxygen atoms in total. The number of carbonyl (C=O) groups is 1. The second-order valence-corrected chi connectivity index (χ2v) is 5.30. The maximum atomic E-state index is 11.3. The van der Waals surface area contributed by atoms with Gasteiger partial charge in [0.05, 0.1) is 0 Å². The Balaban J connectivity index is 2.13. The molecule has 2 N–H and O–H groups in total. The number of carboxylic acid groups (broad SMARTS) is 1. The fraction of sp³-hybridized carbons (Fsp3) is 0.588. The summed E-state index contributed by atoms with van der Waals surface area (Å²) in [7, 11) is 1.71. The van der Waals surface area contributed by atoms with Crippen molar-refractivity contribution in [2.45, 2.75) is 44.6 Å². The highest BCUT2D eigenvalue weighted by Gasteiger charge is 2.33. The molecule has 0 bridgehead atoms. The van der Waals surface area contributed by atoms with E-state index in [1.165, 1.54) is 5.56 Å². The van der Waals surface area contributed by atoms with E-state index in [0.717, 1.165) is 25.9 Å². The van der Waals surface area contributed by atoms with E-state index >= 15 is 0 Å². The van der Waals surface area contributed by atoms with Crippen LogP contribution < -0.4 is 5.32 Å². The molecule has 0 fully saturated rings. The average Bonchev–Trinajstić information content (AvgIpc) is 2.51. The molecule has 0 saturated carbocycles. The van der Waals surface area contributed by atoms with Crippen molar-refractivity contribution in [1.29, 1.82) is 0 Å². The van der Waals surface area contributed by atoms with Gasteiger partial charge in [-0.1, -0.05) is 37.3 Å². The zero-order valence-electron chi connectivity index (χ0n) is 13.1. The minimum absolute atomic E-state index is 0.576. The molecule has 0 saturated heterocycles. The second kappa shape index (κ2) is 9.53. The molecule has 118 valence electrons. The molecule has 0 heterocycles. The fourth-order valence-corrected chi connectivity index (χ4v) is 2.44. The number of hydrogen-bond donors (Lipinski definition) is 2. The third-order valence-electron chi connectivity index (χ3n) is 3.98. The molecule has 0 aliphatic carbocycles. The summed E-state index contributed by atoms with van der Waals surface area (Å²) in [5.41, 5.74) is 0.514. The van der Waals surface area contributed by atoms with E-state index in [1.807, 2.05) is 25.1 Å². The van der Waals surface area contributed by atoms with Gasteiger partial charge in [-0.2, -0.15) is 0 Å². The molecule has 0 aliphatic rings. The highest BCUT2D eigenvalue weighted by Crippen LogP contribution is 2.17. The Morgan fingerprint density at radius 2 is 1.90 bits per heavy atom. The number of hydrogen-bond acceptors (Lipinski definition) is 3. The molecule has 1 aromatic rings. The summed E-state index contributed by atoms with van der Waals surface area (Å²) < 4.78 is 5.60. The van der Waals surface area contributed by atoms with Crippen LogP contribution in [0.25, 0.3) is 0 Å². The first-order chi connectivity index (χ1) is 10.1. The summed E-state index contributed by atoms with van der Waals surface area (Å²) >= 11 is 0. The minimum atomic E-state index is -0.812. The van der Waals surface area contributed by atoms with Gasteiger partial charge in [0, 0.05) is 13.2 Å². The van der Waals surface area contributed by atoms with Crippen LogP contribution in [-0.2, 0) is 16.0 Å². The third kappa shape index (κ3) is 5.86. The summed E-state index contributed by atoms with van der Waals surface area (Å²) in [4.78, 5) is 11.3. The first-order valence-corrected chi connectivity index (χ1v) is 7.68. The topological polar surface area (TPSA) is 58.6 Å². The molecule has 1 rings (SSSR count). The van der Waals surface area contributed by atoms with Gasteiger partial charge in [0.15, 0.2) is 0 Å². The monoisotopic (exact) mass is 293 g/mol. The molecular formula is C17H27NO3. The predicted octanol–water partition coefficient (Wildman–Crippen LogP) is 2.87. The molecule has 4 heteroatoms. The number of likely N-dealkylation sites (N-methyl/N-ethyl adjacent to an activating group) is 1. The van der Waals surface area contributed by atoms with Gasteiger partial charge in [-0.15, -0.1) is 0 Å². The van der Waals surface area contributed by atoms with Gasteiger partial charge < -0.3 is 15.2 Å². The number of benzene rings is 1. The Morgan fingerprint density at radius 1 is 1.24 bits per heavy atom. The standard InChI is InChI=1S/C17H27NO3/c1-3-17(18-2,16(19)20)12-8-14-21-13-7-11-15-9-5-4-6-10-15/h4-6,9-10,18H,3,7-8,11-14H2,1-2H3,(H,19,20). The lowest BCUT2D eigenvalue weighted by Crippen LogP contribution is -2.49. The van der Waals surface area contributed by atoms with E-state index in [9.17, 15) is 9.90 Å². The molecular weight excluding hydrogens is 266 g/mol. The zero-order valence-corrected chi connectivity index (χ0v) is 13.1. The van der Waals surface area contributed by atoms with Gasteiger partial charge in [0.2, 0.25) is 0 Å². The molecule has 1 aromatic carbocycles. The third-order valence-corrected chi connectivity index (χ3v) is 3.98. The van der Waals surface area contributed by atoms with Gasteiger partial charge in [0.1, 0.15) is 5.54 Å². The number of ether oxygens (including phenoxy) is 1. The quantitative estimate of drug-likeness (QED) is 0.616. The van der Waals surface area contributed by atoms with Gasteiger partial charge >= 0.3 is 5.97 Å². The van der Waals surface area contributed by atoms with Crippen LogP contribution in [-0.4, -0.2) is 36.9 Å². The van der Waals surface area contributed by atoms with E-state index < -0.39 is 11.5 Å². The van der Waals surface area contributed by atoms with Crippen LogP contribution >= 0.6 is 0 Å². The van der Waals surface area contributed by atoms with Crippen LogP contribution in [0.1, 0.15) is 38.2 Å². The first kappa shape index (κ1) is 17.7. The Morgan fingerprint density at radius 3 is 2.48 bits per heavy atom. The number of aryl methyl sites for hydroxylation is 1. The number of aliphatic carboxylic acids is 1. The normalized spacial score (nSPS) is 13.8. The van der Waals surface area contributed by atoms with Crippen LogP contribution in [0.4, 0.5) is 0 Å². The maximum absolute atomic E-state index is 11.3. The largest absolute Gasteiger partial charge is 0.480 e. The number of nitrogens with one attached hydrogen (secondary N) is 1. The molecule has 1 atom stereocenters. The molecule has 0 aromatic heterocycles. The van der Waals surface area contributed by atoms with Gasteiger partial charge in [-0.3, -0.25) is 4.79 Å². The Bertz CT molecular complexity index is 402. The summed E-state index contributed by atoms with van der Waals surface area (Å²) in [6, 6.07) is 10.4. The van der Waals surface area contributed by atoms with E-state index in [1.54, 1.807) is 7.05 Å². The zero-order chi connectivity index (χ0) is 15.6. The molecule has 1 unspecified atom stereocenters. The Labute approximate surface area is 127 Å². The highest BCUT2D eigenvalue weighted by molar-refractivity contribution is 5.78. The van der Waals surface area contributed by atoms with Crippen LogP contribution in [0.15, 0.2) is 30.3 Å². The van der Waals surface area contributed by atoms with Crippen LogP contribution in [0, 0.1) is 0 Å². The molecule has 0 radical (unpaired) electrons.